The molecule has 0 unspecified atom stereocenters. The molecule has 0 aliphatic carbocycles. The average Bonchev–Trinajstić information content (AvgIpc) is 2.90. The van der Waals surface area contributed by atoms with E-state index in [9.17, 15) is 4.79 Å². The maximum absolute atomic E-state index is 12.0. The molecular formula is C16H12ClN3O2S. The van der Waals surface area contributed by atoms with Gasteiger partial charge in [-0.3, -0.25) is 4.79 Å². The van der Waals surface area contributed by atoms with Gasteiger partial charge in [0.15, 0.2) is 5.17 Å². The maximum Gasteiger partial charge on any atom is 0.264 e. The lowest BCUT2D eigenvalue weighted by Gasteiger charge is -1.98. The van der Waals surface area contributed by atoms with E-state index in [4.69, 9.17) is 16.3 Å². The van der Waals surface area contributed by atoms with Crippen molar-refractivity contribution in [2.75, 3.05) is 7.11 Å². The van der Waals surface area contributed by atoms with Crippen LogP contribution in [-0.2, 0) is 4.79 Å². The van der Waals surface area contributed by atoms with Gasteiger partial charge in [-0.1, -0.05) is 23.7 Å². The number of hydrogen-bond acceptors (Lipinski definition) is 5. The summed E-state index contributed by atoms with van der Waals surface area (Å²) in [6.07, 6.45) is 3.39. The van der Waals surface area contributed by atoms with Crippen molar-refractivity contribution in [2.24, 2.45) is 4.99 Å². The van der Waals surface area contributed by atoms with Crippen molar-refractivity contribution < 1.29 is 9.53 Å². The lowest BCUT2D eigenvalue weighted by atomic mass is 10.2. The van der Waals surface area contributed by atoms with Crippen molar-refractivity contribution in [3.8, 4) is 5.88 Å². The number of aliphatic imine (C=N–C) groups is 1. The Morgan fingerprint density at radius 1 is 1.30 bits per heavy atom. The molecule has 1 amide bonds. The van der Waals surface area contributed by atoms with E-state index < -0.39 is 0 Å². The van der Waals surface area contributed by atoms with Crippen LogP contribution >= 0.6 is 23.4 Å². The number of nitrogens with one attached hydrogen (secondary N) is 1. The monoisotopic (exact) mass is 345 g/mol. The van der Waals surface area contributed by atoms with Gasteiger partial charge in [0, 0.05) is 12.3 Å². The van der Waals surface area contributed by atoms with E-state index in [0.29, 0.717) is 26.7 Å². The number of methoxy groups -OCH3 is 1. The highest BCUT2D eigenvalue weighted by Gasteiger charge is 2.24. The molecular weight excluding hydrogens is 334 g/mol. The van der Waals surface area contributed by atoms with Crippen LogP contribution in [0.25, 0.3) is 6.08 Å². The van der Waals surface area contributed by atoms with Gasteiger partial charge in [-0.2, -0.15) is 0 Å². The van der Waals surface area contributed by atoms with Crippen LogP contribution in [0.3, 0.4) is 0 Å². The minimum Gasteiger partial charge on any atom is -0.481 e. The number of nitrogens with zero attached hydrogens (tertiary/aromatic N) is 2. The van der Waals surface area contributed by atoms with E-state index in [1.807, 2.05) is 18.2 Å². The summed E-state index contributed by atoms with van der Waals surface area (Å²) in [5, 5.41) is 3.75. The third-order valence-corrected chi connectivity index (χ3v) is 4.22. The molecule has 1 aliphatic heterocycles. The molecule has 3 rings (SSSR count). The summed E-state index contributed by atoms with van der Waals surface area (Å²) < 4.78 is 5.01. The molecule has 2 aromatic rings. The molecule has 0 radical (unpaired) electrons. The molecule has 1 aromatic carbocycles. The summed E-state index contributed by atoms with van der Waals surface area (Å²) >= 11 is 7.33. The van der Waals surface area contributed by atoms with Crippen LogP contribution in [0.5, 0.6) is 5.88 Å². The predicted octanol–water partition coefficient (Wildman–Crippen LogP) is 3.64. The Hall–Kier alpha value is -2.31. The zero-order valence-electron chi connectivity index (χ0n) is 12.1. The van der Waals surface area contributed by atoms with E-state index in [0.717, 1.165) is 5.56 Å². The number of halogens is 1. The van der Waals surface area contributed by atoms with Crippen molar-refractivity contribution in [2.45, 2.75) is 0 Å². The number of thioether (sulfide) groups is 1. The van der Waals surface area contributed by atoms with Crippen LogP contribution in [0.1, 0.15) is 5.56 Å². The van der Waals surface area contributed by atoms with Crippen LogP contribution in [-0.4, -0.2) is 23.2 Å². The molecule has 1 saturated heterocycles. The van der Waals surface area contributed by atoms with E-state index in [2.05, 4.69) is 15.3 Å². The number of benzene rings is 1. The van der Waals surface area contributed by atoms with Gasteiger partial charge in [-0.15, -0.1) is 0 Å². The third kappa shape index (κ3) is 3.72. The van der Waals surface area contributed by atoms with Gasteiger partial charge in [0.1, 0.15) is 0 Å². The first-order valence-corrected chi connectivity index (χ1v) is 7.89. The van der Waals surface area contributed by atoms with Gasteiger partial charge in [0.05, 0.1) is 22.7 Å². The number of pyridine rings is 1. The van der Waals surface area contributed by atoms with E-state index in [1.54, 1.807) is 37.6 Å². The Labute approximate surface area is 142 Å². The number of amidine groups is 1. The summed E-state index contributed by atoms with van der Waals surface area (Å²) in [4.78, 5) is 21.0. The van der Waals surface area contributed by atoms with Crippen LogP contribution in [0.4, 0.5) is 5.69 Å². The number of aromatic nitrogens is 1. The number of ether oxygens (including phenoxy) is 1. The van der Waals surface area contributed by atoms with Gasteiger partial charge in [0.25, 0.3) is 5.91 Å². The van der Waals surface area contributed by atoms with Gasteiger partial charge < -0.3 is 10.1 Å². The summed E-state index contributed by atoms with van der Waals surface area (Å²) in [6.45, 7) is 0. The zero-order chi connectivity index (χ0) is 16.2. The smallest absolute Gasteiger partial charge is 0.264 e. The topological polar surface area (TPSA) is 63.6 Å². The van der Waals surface area contributed by atoms with Crippen molar-refractivity contribution in [1.82, 2.24) is 10.3 Å². The fourth-order valence-corrected chi connectivity index (χ4v) is 2.89. The molecule has 7 heteroatoms. The molecule has 1 N–H and O–H groups in total. The van der Waals surface area contributed by atoms with Crippen LogP contribution < -0.4 is 10.1 Å². The normalized spacial score (nSPS) is 17.6. The van der Waals surface area contributed by atoms with Crippen molar-refractivity contribution in [3.05, 3.63) is 58.1 Å². The molecule has 0 spiro atoms. The Balaban J connectivity index is 1.82. The van der Waals surface area contributed by atoms with Crippen LogP contribution in [0.2, 0.25) is 5.02 Å². The Bertz CT molecular complexity index is 803. The summed E-state index contributed by atoms with van der Waals surface area (Å²) in [6, 6.07) is 10.8. The second-order valence-electron chi connectivity index (χ2n) is 4.57. The van der Waals surface area contributed by atoms with E-state index in [-0.39, 0.29) is 5.91 Å². The van der Waals surface area contributed by atoms with E-state index in [1.165, 1.54) is 11.8 Å². The lowest BCUT2D eigenvalue weighted by Crippen LogP contribution is -2.19. The minimum absolute atomic E-state index is 0.198. The fourth-order valence-electron chi connectivity index (χ4n) is 1.88. The van der Waals surface area contributed by atoms with Gasteiger partial charge >= 0.3 is 0 Å². The predicted molar refractivity (Wildman–Crippen MR) is 93.0 cm³/mol. The molecule has 1 aliphatic rings. The highest BCUT2D eigenvalue weighted by Crippen LogP contribution is 2.30. The first kappa shape index (κ1) is 15.6. The van der Waals surface area contributed by atoms with Crippen molar-refractivity contribution in [3.63, 3.8) is 0 Å². The Morgan fingerprint density at radius 3 is 2.83 bits per heavy atom. The molecule has 5 nitrogen and oxygen atoms in total. The first-order valence-electron chi connectivity index (χ1n) is 6.70. The molecule has 0 atom stereocenters. The number of rotatable bonds is 3. The second kappa shape index (κ2) is 6.85. The van der Waals surface area contributed by atoms with Crippen molar-refractivity contribution >= 4 is 46.2 Å². The summed E-state index contributed by atoms with van der Waals surface area (Å²) in [5.74, 6) is 0.327. The van der Waals surface area contributed by atoms with Crippen molar-refractivity contribution in [1.29, 1.82) is 0 Å². The number of amides is 1. The van der Waals surface area contributed by atoms with Gasteiger partial charge in [-0.25, -0.2) is 9.98 Å². The molecule has 2 heterocycles. The number of para-hydroxylation sites is 1. The number of carbonyl (C=O) groups excluding carboxylic acids is 1. The van der Waals surface area contributed by atoms with Crippen LogP contribution in [0, 0.1) is 0 Å². The zero-order valence-corrected chi connectivity index (χ0v) is 13.7. The highest BCUT2D eigenvalue weighted by molar-refractivity contribution is 8.18. The molecule has 1 fully saturated rings. The molecule has 0 saturated carbocycles. The fraction of sp³-hybridized carbons (Fsp3) is 0.0625. The molecule has 116 valence electrons. The molecule has 1 aromatic heterocycles. The standard InChI is InChI=1S/C16H12ClN3O2S/c1-22-14-7-6-10(9-18-14)8-13-15(21)20-16(23-13)19-12-5-3-2-4-11(12)17/h2-9H,1H3,(H,19,20,21)/b13-8-. The lowest BCUT2D eigenvalue weighted by molar-refractivity contribution is -0.115. The summed E-state index contributed by atoms with van der Waals surface area (Å²) in [5.41, 5.74) is 1.42. The summed E-state index contributed by atoms with van der Waals surface area (Å²) in [7, 11) is 1.55. The van der Waals surface area contributed by atoms with Crippen LogP contribution in [0.15, 0.2) is 52.5 Å². The average molecular weight is 346 g/mol. The Morgan fingerprint density at radius 2 is 2.13 bits per heavy atom. The Kier molecular flexibility index (Phi) is 4.64. The molecule has 23 heavy (non-hydrogen) atoms. The van der Waals surface area contributed by atoms with Gasteiger partial charge in [-0.05, 0) is 41.6 Å². The highest BCUT2D eigenvalue weighted by atomic mass is 35.5. The molecule has 0 bridgehead atoms. The minimum atomic E-state index is -0.198. The van der Waals surface area contributed by atoms with Gasteiger partial charge in [0.2, 0.25) is 5.88 Å². The maximum atomic E-state index is 12.0. The number of hydrogen-bond donors (Lipinski definition) is 1. The van der Waals surface area contributed by atoms with E-state index >= 15 is 0 Å². The number of carbonyl (C=O) groups is 1. The SMILES string of the molecule is COc1ccc(/C=C2\S/C(=N\c3ccccc3Cl)NC2=O)cn1. The largest absolute Gasteiger partial charge is 0.481 e. The first-order chi connectivity index (χ1) is 11.2. The quantitative estimate of drug-likeness (QED) is 0.863. The second-order valence-corrected chi connectivity index (χ2v) is 6.00. The third-order valence-electron chi connectivity index (χ3n) is 2.99.